The van der Waals surface area contributed by atoms with Crippen LogP contribution in [-0.4, -0.2) is 16.6 Å². The van der Waals surface area contributed by atoms with Gasteiger partial charge in [-0.05, 0) is 50.5 Å². The molecule has 0 saturated heterocycles. The third kappa shape index (κ3) is 2.37. The SMILES string of the molecule is CNC(c1ccc(C)cc1C)c1snnc1C. The molecule has 2 aromatic rings. The highest BCUT2D eigenvalue weighted by Gasteiger charge is 2.19. The van der Waals surface area contributed by atoms with E-state index in [9.17, 15) is 0 Å². The van der Waals surface area contributed by atoms with Crippen molar-refractivity contribution in [2.45, 2.75) is 26.8 Å². The zero-order valence-corrected chi connectivity index (χ0v) is 11.4. The molecule has 4 heteroatoms. The lowest BCUT2D eigenvalue weighted by Crippen LogP contribution is -2.18. The third-order valence-corrected chi connectivity index (χ3v) is 3.86. The Labute approximate surface area is 106 Å². The standard InChI is InChI=1S/C13H17N3S/c1-8-5-6-11(9(2)7-8)12(14-4)13-10(3)15-16-17-13/h5-7,12,14H,1-4H3. The van der Waals surface area contributed by atoms with Gasteiger partial charge in [0.2, 0.25) is 0 Å². The molecule has 1 N–H and O–H groups in total. The second kappa shape index (κ2) is 4.94. The van der Waals surface area contributed by atoms with Gasteiger partial charge in [-0.1, -0.05) is 28.3 Å². The van der Waals surface area contributed by atoms with Crippen LogP contribution in [0.4, 0.5) is 0 Å². The minimum atomic E-state index is 0.190. The number of nitrogens with one attached hydrogen (secondary N) is 1. The van der Waals surface area contributed by atoms with E-state index in [1.807, 2.05) is 14.0 Å². The van der Waals surface area contributed by atoms with Crippen LogP contribution in [0.5, 0.6) is 0 Å². The summed E-state index contributed by atoms with van der Waals surface area (Å²) < 4.78 is 4.01. The van der Waals surface area contributed by atoms with Crippen molar-refractivity contribution in [3.8, 4) is 0 Å². The number of aromatic nitrogens is 2. The summed E-state index contributed by atoms with van der Waals surface area (Å²) in [4.78, 5) is 1.19. The highest BCUT2D eigenvalue weighted by atomic mass is 32.1. The van der Waals surface area contributed by atoms with Gasteiger partial charge < -0.3 is 5.32 Å². The molecule has 0 fully saturated rings. The Morgan fingerprint density at radius 2 is 2.00 bits per heavy atom. The molecular formula is C13H17N3S. The van der Waals surface area contributed by atoms with Crippen LogP contribution in [0.1, 0.15) is 33.3 Å². The summed E-state index contributed by atoms with van der Waals surface area (Å²) >= 11 is 1.47. The summed E-state index contributed by atoms with van der Waals surface area (Å²) in [7, 11) is 1.98. The van der Waals surface area contributed by atoms with E-state index in [1.54, 1.807) is 0 Å². The van der Waals surface area contributed by atoms with E-state index in [1.165, 1.54) is 33.1 Å². The Bertz CT molecular complexity index is 519. The summed E-state index contributed by atoms with van der Waals surface area (Å²) in [5.74, 6) is 0. The molecule has 1 atom stereocenters. The van der Waals surface area contributed by atoms with Crippen molar-refractivity contribution < 1.29 is 0 Å². The molecule has 1 aromatic carbocycles. The van der Waals surface area contributed by atoms with E-state index < -0.39 is 0 Å². The van der Waals surface area contributed by atoms with E-state index in [2.05, 4.69) is 47.0 Å². The van der Waals surface area contributed by atoms with Crippen LogP contribution in [0.15, 0.2) is 18.2 Å². The minimum absolute atomic E-state index is 0.190. The fourth-order valence-electron chi connectivity index (χ4n) is 2.08. The molecule has 2 rings (SSSR count). The highest BCUT2D eigenvalue weighted by Crippen LogP contribution is 2.28. The average Bonchev–Trinajstić information content (AvgIpc) is 2.69. The third-order valence-electron chi connectivity index (χ3n) is 2.97. The molecule has 1 aromatic heterocycles. The van der Waals surface area contributed by atoms with Gasteiger partial charge >= 0.3 is 0 Å². The number of rotatable bonds is 3. The summed E-state index contributed by atoms with van der Waals surface area (Å²) in [6, 6.07) is 6.74. The molecule has 90 valence electrons. The number of aryl methyl sites for hydroxylation is 3. The molecule has 0 spiro atoms. The Hall–Kier alpha value is -1.26. The topological polar surface area (TPSA) is 37.8 Å². The quantitative estimate of drug-likeness (QED) is 0.906. The van der Waals surface area contributed by atoms with Crippen LogP contribution in [0.3, 0.4) is 0 Å². The van der Waals surface area contributed by atoms with Gasteiger partial charge in [0.05, 0.1) is 16.6 Å². The number of nitrogens with zero attached hydrogens (tertiary/aromatic N) is 2. The van der Waals surface area contributed by atoms with Crippen LogP contribution in [0, 0.1) is 20.8 Å². The summed E-state index contributed by atoms with van der Waals surface area (Å²) in [5.41, 5.74) is 4.90. The Morgan fingerprint density at radius 1 is 1.24 bits per heavy atom. The predicted octanol–water partition coefficient (Wildman–Crippen LogP) is 2.77. The first kappa shape index (κ1) is 12.2. The molecule has 0 bridgehead atoms. The molecule has 3 nitrogen and oxygen atoms in total. The number of benzene rings is 1. The Balaban J connectivity index is 2.46. The first-order valence-electron chi connectivity index (χ1n) is 5.66. The monoisotopic (exact) mass is 247 g/mol. The van der Waals surface area contributed by atoms with Crippen molar-refractivity contribution in [2.24, 2.45) is 0 Å². The fourth-order valence-corrected chi connectivity index (χ4v) is 2.85. The summed E-state index contributed by atoms with van der Waals surface area (Å²) in [6.07, 6.45) is 0. The average molecular weight is 247 g/mol. The smallest absolute Gasteiger partial charge is 0.0776 e. The van der Waals surface area contributed by atoms with Crippen LogP contribution >= 0.6 is 11.5 Å². The maximum Gasteiger partial charge on any atom is 0.0776 e. The maximum absolute atomic E-state index is 4.09. The lowest BCUT2D eigenvalue weighted by atomic mass is 9.98. The van der Waals surface area contributed by atoms with Gasteiger partial charge in [-0.25, -0.2) is 0 Å². The molecule has 0 aliphatic carbocycles. The van der Waals surface area contributed by atoms with E-state index in [-0.39, 0.29) is 6.04 Å². The first-order chi connectivity index (χ1) is 8.13. The Kier molecular flexibility index (Phi) is 3.54. The molecular weight excluding hydrogens is 230 g/mol. The normalized spacial score (nSPS) is 12.7. The van der Waals surface area contributed by atoms with Crippen LogP contribution < -0.4 is 5.32 Å². The van der Waals surface area contributed by atoms with Crippen molar-refractivity contribution in [1.82, 2.24) is 14.9 Å². The molecule has 0 saturated carbocycles. The van der Waals surface area contributed by atoms with Crippen LogP contribution in [-0.2, 0) is 0 Å². The molecule has 0 amide bonds. The van der Waals surface area contributed by atoms with Gasteiger partial charge in [-0.15, -0.1) is 5.10 Å². The van der Waals surface area contributed by atoms with Crippen molar-refractivity contribution in [3.05, 3.63) is 45.5 Å². The molecule has 1 unspecified atom stereocenters. The molecule has 0 aliphatic rings. The number of hydrogen-bond donors (Lipinski definition) is 1. The highest BCUT2D eigenvalue weighted by molar-refractivity contribution is 7.05. The van der Waals surface area contributed by atoms with Crippen molar-refractivity contribution in [1.29, 1.82) is 0 Å². The van der Waals surface area contributed by atoms with E-state index in [4.69, 9.17) is 0 Å². The van der Waals surface area contributed by atoms with E-state index in [0.717, 1.165) is 5.69 Å². The molecule has 0 aliphatic heterocycles. The predicted molar refractivity (Wildman–Crippen MR) is 71.5 cm³/mol. The molecule has 17 heavy (non-hydrogen) atoms. The lowest BCUT2D eigenvalue weighted by molar-refractivity contribution is 0.693. The van der Waals surface area contributed by atoms with Gasteiger partial charge in [0, 0.05) is 0 Å². The fraction of sp³-hybridized carbons (Fsp3) is 0.385. The summed E-state index contributed by atoms with van der Waals surface area (Å²) in [6.45, 7) is 6.27. The van der Waals surface area contributed by atoms with Crippen molar-refractivity contribution in [2.75, 3.05) is 7.05 Å². The molecule has 1 heterocycles. The van der Waals surface area contributed by atoms with Crippen molar-refractivity contribution >= 4 is 11.5 Å². The van der Waals surface area contributed by atoms with Crippen LogP contribution in [0.2, 0.25) is 0 Å². The zero-order chi connectivity index (χ0) is 12.4. The number of hydrogen-bond acceptors (Lipinski definition) is 4. The van der Waals surface area contributed by atoms with E-state index >= 15 is 0 Å². The van der Waals surface area contributed by atoms with E-state index in [0.29, 0.717) is 0 Å². The maximum atomic E-state index is 4.09. The van der Waals surface area contributed by atoms with Crippen molar-refractivity contribution in [3.63, 3.8) is 0 Å². The second-order valence-electron chi connectivity index (χ2n) is 4.30. The Morgan fingerprint density at radius 3 is 2.53 bits per heavy atom. The van der Waals surface area contributed by atoms with Gasteiger partial charge in [-0.2, -0.15) is 0 Å². The van der Waals surface area contributed by atoms with Gasteiger partial charge in [0.15, 0.2) is 0 Å². The zero-order valence-electron chi connectivity index (χ0n) is 10.6. The van der Waals surface area contributed by atoms with Gasteiger partial charge in [-0.3, -0.25) is 0 Å². The lowest BCUT2D eigenvalue weighted by Gasteiger charge is -2.18. The van der Waals surface area contributed by atoms with Crippen LogP contribution in [0.25, 0.3) is 0 Å². The minimum Gasteiger partial charge on any atom is -0.309 e. The second-order valence-corrected chi connectivity index (χ2v) is 5.09. The first-order valence-corrected chi connectivity index (χ1v) is 6.44. The summed E-state index contributed by atoms with van der Waals surface area (Å²) in [5, 5.41) is 7.44. The van der Waals surface area contributed by atoms with Gasteiger partial charge in [0.1, 0.15) is 0 Å². The largest absolute Gasteiger partial charge is 0.309 e. The molecule has 0 radical (unpaired) electrons. The van der Waals surface area contributed by atoms with Gasteiger partial charge in [0.25, 0.3) is 0 Å².